The van der Waals surface area contributed by atoms with Crippen LogP contribution in [0.5, 0.6) is 0 Å². The van der Waals surface area contributed by atoms with Crippen molar-refractivity contribution in [1.82, 2.24) is 0 Å². The van der Waals surface area contributed by atoms with Crippen LogP contribution in [0.1, 0.15) is 27.2 Å². The molecule has 2 nitrogen and oxygen atoms in total. The molecule has 1 unspecified atom stereocenters. The number of aliphatic hydroxyl groups is 1. The SMILES string of the molecule is C=C(C)C1=CC(OC/C(=C/C=C\C)C(=C)O)=CC(C)C1. The molecule has 1 aliphatic rings. The first-order valence-electron chi connectivity index (χ1n) is 6.85. The van der Waals surface area contributed by atoms with Gasteiger partial charge in [-0.25, -0.2) is 0 Å². The highest BCUT2D eigenvalue weighted by molar-refractivity contribution is 5.37. The average molecular weight is 272 g/mol. The first-order valence-corrected chi connectivity index (χ1v) is 6.85. The molecule has 0 bridgehead atoms. The maximum absolute atomic E-state index is 9.53. The summed E-state index contributed by atoms with van der Waals surface area (Å²) >= 11 is 0. The average Bonchev–Trinajstić information content (AvgIpc) is 2.37. The van der Waals surface area contributed by atoms with Gasteiger partial charge in [0.2, 0.25) is 0 Å². The second-order valence-corrected chi connectivity index (χ2v) is 5.15. The van der Waals surface area contributed by atoms with Crippen LogP contribution in [0, 0.1) is 5.92 Å². The highest BCUT2D eigenvalue weighted by atomic mass is 16.5. The van der Waals surface area contributed by atoms with Crippen LogP contribution in [0.3, 0.4) is 0 Å². The molecule has 2 heteroatoms. The molecule has 0 aromatic heterocycles. The summed E-state index contributed by atoms with van der Waals surface area (Å²) in [7, 11) is 0. The Morgan fingerprint density at radius 3 is 2.75 bits per heavy atom. The maximum Gasteiger partial charge on any atom is 0.117 e. The standard InChI is InChI=1S/C18H24O2/c1-6-7-8-16(15(5)19)12-20-18-10-14(4)9-17(11-18)13(2)3/h6-8,10-11,14,19H,2,5,9,12H2,1,3-4H3/b7-6-,16-8-. The molecule has 0 heterocycles. The van der Waals surface area contributed by atoms with Gasteiger partial charge in [-0.2, -0.15) is 0 Å². The van der Waals surface area contributed by atoms with Gasteiger partial charge in [0.1, 0.15) is 18.1 Å². The van der Waals surface area contributed by atoms with Crippen molar-refractivity contribution in [3.8, 4) is 0 Å². The molecule has 20 heavy (non-hydrogen) atoms. The Balaban J connectivity index is 2.77. The Kier molecular flexibility index (Phi) is 6.10. The van der Waals surface area contributed by atoms with Crippen molar-refractivity contribution in [2.75, 3.05) is 6.61 Å². The number of hydrogen-bond donors (Lipinski definition) is 1. The Morgan fingerprint density at radius 1 is 1.50 bits per heavy atom. The fraction of sp³-hybridized carbons (Fsp3) is 0.333. The van der Waals surface area contributed by atoms with E-state index >= 15 is 0 Å². The minimum absolute atomic E-state index is 0.0386. The second kappa shape index (κ2) is 7.59. The second-order valence-electron chi connectivity index (χ2n) is 5.15. The Labute approximate surface area is 122 Å². The van der Waals surface area contributed by atoms with Crippen LogP contribution >= 0.6 is 0 Å². The quantitative estimate of drug-likeness (QED) is 0.544. The molecule has 0 spiro atoms. The van der Waals surface area contributed by atoms with Gasteiger partial charge in [-0.1, -0.05) is 43.9 Å². The third-order valence-electron chi connectivity index (χ3n) is 3.11. The summed E-state index contributed by atoms with van der Waals surface area (Å²) in [5.74, 6) is 1.30. The van der Waals surface area contributed by atoms with Crippen LogP contribution < -0.4 is 0 Å². The van der Waals surface area contributed by atoms with Gasteiger partial charge in [-0.05, 0) is 43.9 Å². The van der Waals surface area contributed by atoms with Crippen LogP contribution in [0.25, 0.3) is 0 Å². The van der Waals surface area contributed by atoms with E-state index in [4.69, 9.17) is 4.74 Å². The lowest BCUT2D eigenvalue weighted by atomic mass is 9.91. The summed E-state index contributed by atoms with van der Waals surface area (Å²) in [6, 6.07) is 0. The van der Waals surface area contributed by atoms with E-state index in [0.717, 1.165) is 17.8 Å². The van der Waals surface area contributed by atoms with E-state index in [9.17, 15) is 5.11 Å². The fourth-order valence-electron chi connectivity index (χ4n) is 1.95. The normalized spacial score (nSPS) is 19.6. The van der Waals surface area contributed by atoms with Gasteiger partial charge in [0.25, 0.3) is 0 Å². The van der Waals surface area contributed by atoms with E-state index in [1.165, 1.54) is 5.57 Å². The molecular formula is C18H24O2. The van der Waals surface area contributed by atoms with Gasteiger partial charge in [0.05, 0.1) is 0 Å². The van der Waals surface area contributed by atoms with Crippen LogP contribution in [-0.2, 0) is 4.74 Å². The first-order chi connectivity index (χ1) is 9.43. The Bertz CT molecular complexity index is 502. The smallest absolute Gasteiger partial charge is 0.117 e. The Hall–Kier alpha value is -1.96. The zero-order chi connectivity index (χ0) is 15.1. The first kappa shape index (κ1) is 16.1. The highest BCUT2D eigenvalue weighted by Gasteiger charge is 2.13. The van der Waals surface area contributed by atoms with Crippen molar-refractivity contribution in [1.29, 1.82) is 0 Å². The summed E-state index contributed by atoms with van der Waals surface area (Å²) in [5.41, 5.74) is 2.96. The summed E-state index contributed by atoms with van der Waals surface area (Å²) < 4.78 is 5.77. The maximum atomic E-state index is 9.53. The molecule has 108 valence electrons. The topological polar surface area (TPSA) is 29.5 Å². The zero-order valence-corrected chi connectivity index (χ0v) is 12.6. The van der Waals surface area contributed by atoms with Gasteiger partial charge >= 0.3 is 0 Å². The van der Waals surface area contributed by atoms with Gasteiger partial charge in [0.15, 0.2) is 0 Å². The Morgan fingerprint density at radius 2 is 2.20 bits per heavy atom. The number of allylic oxidation sites excluding steroid dienone is 7. The molecular weight excluding hydrogens is 248 g/mol. The predicted molar refractivity (Wildman–Crippen MR) is 85.4 cm³/mol. The summed E-state index contributed by atoms with van der Waals surface area (Å²) in [5, 5.41) is 9.53. The molecule has 0 fully saturated rings. The molecule has 0 aromatic rings. The summed E-state index contributed by atoms with van der Waals surface area (Å²) in [4.78, 5) is 0. The van der Waals surface area contributed by atoms with E-state index in [2.05, 4.69) is 26.2 Å². The molecule has 0 saturated heterocycles. The highest BCUT2D eigenvalue weighted by Crippen LogP contribution is 2.27. The molecule has 0 aromatic carbocycles. The summed E-state index contributed by atoms with van der Waals surface area (Å²) in [6.07, 6.45) is 10.7. The van der Waals surface area contributed by atoms with E-state index in [-0.39, 0.29) is 5.76 Å². The zero-order valence-electron chi connectivity index (χ0n) is 12.6. The summed E-state index contributed by atoms with van der Waals surface area (Å²) in [6.45, 7) is 13.9. The molecule has 0 aliphatic heterocycles. The van der Waals surface area contributed by atoms with Gasteiger partial charge in [0, 0.05) is 5.57 Å². The minimum Gasteiger partial charge on any atom is -0.508 e. The van der Waals surface area contributed by atoms with Crippen molar-refractivity contribution in [2.24, 2.45) is 5.92 Å². The van der Waals surface area contributed by atoms with Gasteiger partial charge in [-0.3, -0.25) is 0 Å². The van der Waals surface area contributed by atoms with Crippen LogP contribution in [-0.4, -0.2) is 11.7 Å². The number of aliphatic hydroxyl groups excluding tert-OH is 1. The van der Waals surface area contributed by atoms with Crippen LogP contribution in [0.4, 0.5) is 0 Å². The van der Waals surface area contributed by atoms with E-state index in [1.54, 1.807) is 6.08 Å². The third-order valence-corrected chi connectivity index (χ3v) is 3.11. The molecule has 0 radical (unpaired) electrons. The lowest BCUT2D eigenvalue weighted by Crippen LogP contribution is -2.06. The monoisotopic (exact) mass is 272 g/mol. The lowest BCUT2D eigenvalue weighted by molar-refractivity contribution is 0.241. The van der Waals surface area contributed by atoms with Crippen molar-refractivity contribution in [3.63, 3.8) is 0 Å². The van der Waals surface area contributed by atoms with E-state index in [0.29, 0.717) is 18.1 Å². The molecule has 1 aliphatic carbocycles. The molecule has 1 N–H and O–H groups in total. The largest absolute Gasteiger partial charge is 0.508 e. The van der Waals surface area contributed by atoms with Gasteiger partial charge < -0.3 is 9.84 Å². The van der Waals surface area contributed by atoms with Gasteiger partial charge in [-0.15, -0.1) is 0 Å². The third kappa shape index (κ3) is 4.96. The molecule has 1 atom stereocenters. The number of hydrogen-bond acceptors (Lipinski definition) is 2. The number of rotatable bonds is 6. The minimum atomic E-state index is 0.0386. The van der Waals surface area contributed by atoms with Crippen LogP contribution in [0.2, 0.25) is 0 Å². The lowest BCUT2D eigenvalue weighted by Gasteiger charge is -2.20. The van der Waals surface area contributed by atoms with Crippen molar-refractivity contribution in [3.05, 3.63) is 71.8 Å². The molecule has 0 saturated carbocycles. The fourth-order valence-corrected chi connectivity index (χ4v) is 1.95. The van der Waals surface area contributed by atoms with Crippen molar-refractivity contribution < 1.29 is 9.84 Å². The molecule has 1 rings (SSSR count). The molecule has 0 amide bonds. The van der Waals surface area contributed by atoms with E-state index < -0.39 is 0 Å². The number of ether oxygens (including phenoxy) is 1. The van der Waals surface area contributed by atoms with Crippen molar-refractivity contribution >= 4 is 0 Å². The van der Waals surface area contributed by atoms with E-state index in [1.807, 2.05) is 32.1 Å². The van der Waals surface area contributed by atoms with Crippen molar-refractivity contribution in [2.45, 2.75) is 27.2 Å². The predicted octanol–water partition coefficient (Wildman–Crippen LogP) is 5.00. The van der Waals surface area contributed by atoms with Crippen LogP contribution in [0.15, 0.2) is 71.8 Å².